The third kappa shape index (κ3) is 6.20. The van der Waals surface area contributed by atoms with E-state index < -0.39 is 0 Å². The first-order chi connectivity index (χ1) is 16.7. The van der Waals surface area contributed by atoms with Gasteiger partial charge in [-0.25, -0.2) is 4.98 Å². The monoisotopic (exact) mass is 463 g/mol. The Balaban J connectivity index is 1.52. The summed E-state index contributed by atoms with van der Waals surface area (Å²) in [6.07, 6.45) is 4.25. The number of hydrogen-bond acceptors (Lipinski definition) is 5. The molecule has 182 valence electrons. The van der Waals surface area contributed by atoms with Crippen LogP contribution < -0.4 is 14.2 Å². The maximum Gasteiger partial charge on any atom is 0.134 e. The average molecular weight is 464 g/mol. The van der Waals surface area contributed by atoms with E-state index in [1.165, 1.54) is 0 Å². The molecule has 1 fully saturated rings. The van der Waals surface area contributed by atoms with Gasteiger partial charge in [0.15, 0.2) is 0 Å². The van der Waals surface area contributed by atoms with Crippen molar-refractivity contribution >= 4 is 10.9 Å². The summed E-state index contributed by atoms with van der Waals surface area (Å²) in [4.78, 5) is 4.97. The number of nitrogens with zero attached hydrogens (tertiary/aromatic N) is 1. The first-order valence-corrected chi connectivity index (χ1v) is 12.6. The molecule has 0 amide bonds. The molecule has 0 radical (unpaired) electrons. The van der Waals surface area contributed by atoms with Crippen LogP contribution in [0.3, 0.4) is 0 Å². The number of fused-ring (bicyclic) bond motifs is 1. The largest absolute Gasteiger partial charge is 0.493 e. The molecule has 0 aliphatic carbocycles. The second kappa shape index (κ2) is 12.1. The van der Waals surface area contributed by atoms with E-state index in [1.807, 2.05) is 42.5 Å². The fourth-order valence-corrected chi connectivity index (χ4v) is 4.36. The number of ether oxygens (including phenoxy) is 4. The fourth-order valence-electron chi connectivity index (χ4n) is 4.36. The van der Waals surface area contributed by atoms with E-state index in [-0.39, 0.29) is 5.92 Å². The summed E-state index contributed by atoms with van der Waals surface area (Å²) in [6, 6.07) is 16.1. The van der Waals surface area contributed by atoms with E-state index in [2.05, 4.69) is 26.8 Å². The molecule has 0 saturated carbocycles. The van der Waals surface area contributed by atoms with Crippen LogP contribution in [0.15, 0.2) is 48.5 Å². The van der Waals surface area contributed by atoms with Crippen LogP contribution in [0.4, 0.5) is 0 Å². The Labute approximate surface area is 203 Å². The minimum atomic E-state index is 0.265. The number of para-hydroxylation sites is 1. The molecule has 1 aliphatic rings. The molecule has 0 atom stereocenters. The smallest absolute Gasteiger partial charge is 0.134 e. The van der Waals surface area contributed by atoms with Crippen molar-refractivity contribution in [2.45, 2.75) is 59.0 Å². The van der Waals surface area contributed by atoms with Gasteiger partial charge in [0.1, 0.15) is 23.9 Å². The number of unbranched alkanes of at least 4 members (excludes halogenated alkanes) is 1. The minimum Gasteiger partial charge on any atom is -0.493 e. The zero-order chi connectivity index (χ0) is 23.8. The van der Waals surface area contributed by atoms with Crippen LogP contribution >= 0.6 is 0 Å². The Morgan fingerprint density at radius 3 is 2.50 bits per heavy atom. The zero-order valence-corrected chi connectivity index (χ0v) is 20.7. The van der Waals surface area contributed by atoms with Gasteiger partial charge in [-0.3, -0.25) is 0 Å². The molecule has 1 aromatic heterocycles. The second-order valence-corrected chi connectivity index (χ2v) is 9.31. The summed E-state index contributed by atoms with van der Waals surface area (Å²) in [5.41, 5.74) is 2.99. The van der Waals surface area contributed by atoms with Crippen LogP contribution in [-0.2, 0) is 11.3 Å². The van der Waals surface area contributed by atoms with E-state index in [4.69, 9.17) is 23.9 Å². The van der Waals surface area contributed by atoms with Crippen LogP contribution in [0.1, 0.15) is 63.6 Å². The Morgan fingerprint density at radius 2 is 1.74 bits per heavy atom. The quantitative estimate of drug-likeness (QED) is 0.289. The van der Waals surface area contributed by atoms with Crippen LogP contribution in [0.2, 0.25) is 0 Å². The lowest BCUT2D eigenvalue weighted by atomic mass is 9.97. The highest BCUT2D eigenvalue weighted by atomic mass is 16.5. The summed E-state index contributed by atoms with van der Waals surface area (Å²) in [6.45, 7) is 10.0. The molecule has 4 rings (SSSR count). The van der Waals surface area contributed by atoms with Crippen molar-refractivity contribution in [1.29, 1.82) is 0 Å². The lowest BCUT2D eigenvalue weighted by Crippen LogP contribution is -2.21. The molecule has 2 aromatic carbocycles. The van der Waals surface area contributed by atoms with Gasteiger partial charge in [-0.2, -0.15) is 0 Å². The number of aromatic nitrogens is 1. The highest BCUT2D eigenvalue weighted by Gasteiger charge is 2.20. The van der Waals surface area contributed by atoms with Crippen molar-refractivity contribution in [2.24, 2.45) is 5.92 Å². The predicted molar refractivity (Wildman–Crippen MR) is 136 cm³/mol. The van der Waals surface area contributed by atoms with Gasteiger partial charge in [-0.05, 0) is 55.4 Å². The van der Waals surface area contributed by atoms with Crippen molar-refractivity contribution in [1.82, 2.24) is 4.98 Å². The van der Waals surface area contributed by atoms with Crippen molar-refractivity contribution in [3.63, 3.8) is 0 Å². The molecule has 5 heteroatoms. The number of rotatable bonds is 11. The summed E-state index contributed by atoms with van der Waals surface area (Å²) in [7, 11) is 0. The predicted octanol–water partition coefficient (Wildman–Crippen LogP) is 6.92. The van der Waals surface area contributed by atoms with Gasteiger partial charge < -0.3 is 18.9 Å². The average Bonchev–Trinajstić information content (AvgIpc) is 2.87. The summed E-state index contributed by atoms with van der Waals surface area (Å²) >= 11 is 0. The van der Waals surface area contributed by atoms with Gasteiger partial charge in [0.2, 0.25) is 0 Å². The molecule has 34 heavy (non-hydrogen) atoms. The summed E-state index contributed by atoms with van der Waals surface area (Å²) < 4.78 is 24.1. The third-order valence-electron chi connectivity index (χ3n) is 6.29. The fraction of sp³-hybridized carbons (Fsp3) is 0.483. The van der Waals surface area contributed by atoms with Crippen LogP contribution in [-0.4, -0.2) is 31.4 Å². The second-order valence-electron chi connectivity index (χ2n) is 9.31. The Morgan fingerprint density at radius 1 is 0.971 bits per heavy atom. The molecule has 2 heterocycles. The topological polar surface area (TPSA) is 49.8 Å². The van der Waals surface area contributed by atoms with E-state index in [9.17, 15) is 0 Å². The van der Waals surface area contributed by atoms with E-state index in [0.717, 1.165) is 84.9 Å². The Kier molecular flexibility index (Phi) is 8.64. The Bertz CT molecular complexity index is 1060. The van der Waals surface area contributed by atoms with Gasteiger partial charge in [-0.15, -0.1) is 0 Å². The first-order valence-electron chi connectivity index (χ1n) is 12.6. The molecule has 3 aromatic rings. The van der Waals surface area contributed by atoms with Crippen LogP contribution in [0, 0.1) is 5.92 Å². The van der Waals surface area contributed by atoms with Gasteiger partial charge in [0, 0.05) is 30.2 Å². The molecule has 0 N–H and O–H groups in total. The molecule has 0 bridgehead atoms. The number of pyridine rings is 1. The van der Waals surface area contributed by atoms with Gasteiger partial charge in [0.05, 0.1) is 24.4 Å². The SMILES string of the molecule is CCCCOc1c(C(C)C)c(COc2cccc(OCC3CCOCC3)c2)nc2ccccc12. The van der Waals surface area contributed by atoms with Crippen molar-refractivity contribution < 1.29 is 18.9 Å². The number of hydrogen-bond donors (Lipinski definition) is 0. The Hall–Kier alpha value is -2.79. The van der Waals surface area contributed by atoms with E-state index in [1.54, 1.807) is 0 Å². The summed E-state index contributed by atoms with van der Waals surface area (Å²) in [5.74, 6) is 3.38. The highest BCUT2D eigenvalue weighted by Crippen LogP contribution is 2.36. The maximum absolute atomic E-state index is 6.33. The van der Waals surface area contributed by atoms with Crippen LogP contribution in [0.5, 0.6) is 17.2 Å². The van der Waals surface area contributed by atoms with Gasteiger partial charge >= 0.3 is 0 Å². The van der Waals surface area contributed by atoms with E-state index in [0.29, 0.717) is 19.1 Å². The molecule has 0 spiro atoms. The highest BCUT2D eigenvalue weighted by molar-refractivity contribution is 5.87. The van der Waals surface area contributed by atoms with Crippen molar-refractivity contribution in [3.05, 3.63) is 59.8 Å². The standard InChI is InChI=1S/C29H37NO4/c1-4-5-15-32-29-25-11-6-7-12-26(25)30-27(28(29)21(2)3)20-34-24-10-8-9-23(18-24)33-19-22-13-16-31-17-14-22/h6-12,18,21-22H,4-5,13-17,19-20H2,1-3H3. The zero-order valence-electron chi connectivity index (χ0n) is 20.7. The van der Waals surface area contributed by atoms with Crippen LogP contribution in [0.25, 0.3) is 10.9 Å². The third-order valence-corrected chi connectivity index (χ3v) is 6.29. The molecule has 1 saturated heterocycles. The van der Waals surface area contributed by atoms with Gasteiger partial charge in [0.25, 0.3) is 0 Å². The van der Waals surface area contributed by atoms with Crippen molar-refractivity contribution in [3.8, 4) is 17.2 Å². The molecule has 1 aliphatic heterocycles. The lowest BCUT2D eigenvalue weighted by molar-refractivity contribution is 0.0497. The minimum absolute atomic E-state index is 0.265. The van der Waals surface area contributed by atoms with Gasteiger partial charge in [-0.1, -0.05) is 45.4 Å². The normalized spacial score (nSPS) is 14.5. The lowest BCUT2D eigenvalue weighted by Gasteiger charge is -2.22. The van der Waals surface area contributed by atoms with E-state index >= 15 is 0 Å². The summed E-state index contributed by atoms with van der Waals surface area (Å²) in [5, 5.41) is 1.06. The van der Waals surface area contributed by atoms with Crippen molar-refractivity contribution in [2.75, 3.05) is 26.4 Å². The first kappa shape index (κ1) is 24.3. The molecule has 5 nitrogen and oxygen atoms in total. The molecular weight excluding hydrogens is 426 g/mol. The molecular formula is C29H37NO4. The molecule has 0 unspecified atom stereocenters. The maximum atomic E-state index is 6.33. The number of benzene rings is 2.